The first-order valence-corrected chi connectivity index (χ1v) is 6.03. The lowest BCUT2D eigenvalue weighted by Gasteiger charge is -2.36. The third-order valence-corrected chi connectivity index (χ3v) is 3.19. The van der Waals surface area contributed by atoms with Crippen LogP contribution in [0.15, 0.2) is 24.3 Å². The van der Waals surface area contributed by atoms with Gasteiger partial charge in [0.05, 0.1) is 12.8 Å². The first-order valence-electron chi connectivity index (χ1n) is 6.03. The number of rotatable bonds is 3. The summed E-state index contributed by atoms with van der Waals surface area (Å²) in [6, 6.07) is 7.86. The Kier molecular flexibility index (Phi) is 4.04. The summed E-state index contributed by atoms with van der Waals surface area (Å²) in [5.41, 5.74) is 1.05. The van der Waals surface area contributed by atoms with Crippen molar-refractivity contribution in [2.24, 2.45) is 0 Å². The van der Waals surface area contributed by atoms with Gasteiger partial charge in [-0.05, 0) is 12.1 Å². The predicted octanol–water partition coefficient (Wildman–Crippen LogP) is 0.336. The van der Waals surface area contributed by atoms with Gasteiger partial charge in [-0.2, -0.15) is 0 Å². The second-order valence-electron chi connectivity index (χ2n) is 4.20. The lowest BCUT2D eigenvalue weighted by molar-refractivity contribution is -0.134. The quantitative estimate of drug-likeness (QED) is 0.840. The van der Waals surface area contributed by atoms with Gasteiger partial charge in [0.2, 0.25) is 5.91 Å². The topological polar surface area (TPSA) is 53.0 Å². The Morgan fingerprint density at radius 3 is 2.56 bits per heavy atom. The van der Waals surface area contributed by atoms with Gasteiger partial charge in [-0.3, -0.25) is 4.79 Å². The molecule has 98 valence electrons. The summed E-state index contributed by atoms with van der Waals surface area (Å²) in [7, 11) is 1.66. The number of ether oxygens (including phenoxy) is 1. The van der Waals surface area contributed by atoms with Crippen molar-refractivity contribution >= 4 is 11.6 Å². The highest BCUT2D eigenvalue weighted by Gasteiger charge is 2.21. The van der Waals surface area contributed by atoms with Crippen molar-refractivity contribution in [3.05, 3.63) is 24.3 Å². The maximum atomic E-state index is 11.4. The molecule has 1 saturated heterocycles. The van der Waals surface area contributed by atoms with E-state index in [1.807, 2.05) is 24.3 Å². The zero-order chi connectivity index (χ0) is 13.0. The molecule has 18 heavy (non-hydrogen) atoms. The third kappa shape index (κ3) is 2.56. The molecular formula is C13H18N2O3. The Morgan fingerprint density at radius 1 is 1.28 bits per heavy atom. The van der Waals surface area contributed by atoms with E-state index in [0.29, 0.717) is 13.1 Å². The number of aliphatic hydroxyl groups excluding tert-OH is 1. The minimum Gasteiger partial charge on any atom is -0.495 e. The van der Waals surface area contributed by atoms with Crippen LogP contribution in [0.5, 0.6) is 5.75 Å². The van der Waals surface area contributed by atoms with Crippen LogP contribution < -0.4 is 9.64 Å². The second kappa shape index (κ2) is 5.73. The molecule has 0 aromatic heterocycles. The fraction of sp³-hybridized carbons (Fsp3) is 0.462. The van der Waals surface area contributed by atoms with Gasteiger partial charge >= 0.3 is 0 Å². The highest BCUT2D eigenvalue weighted by atomic mass is 16.5. The molecule has 0 spiro atoms. The number of amides is 1. The van der Waals surface area contributed by atoms with E-state index in [0.717, 1.165) is 24.5 Å². The molecule has 1 N–H and O–H groups in total. The number of carbonyl (C=O) groups is 1. The highest BCUT2D eigenvalue weighted by Crippen LogP contribution is 2.28. The largest absolute Gasteiger partial charge is 0.495 e. The van der Waals surface area contributed by atoms with Crippen LogP contribution >= 0.6 is 0 Å². The minimum absolute atomic E-state index is 0.199. The Labute approximate surface area is 107 Å². The van der Waals surface area contributed by atoms with Crippen molar-refractivity contribution in [3.63, 3.8) is 0 Å². The molecule has 1 aromatic rings. The van der Waals surface area contributed by atoms with Gasteiger partial charge in [-0.25, -0.2) is 0 Å². The minimum atomic E-state index is -0.408. The number of methoxy groups -OCH3 is 1. The van der Waals surface area contributed by atoms with E-state index in [2.05, 4.69) is 4.90 Å². The lowest BCUT2D eigenvalue weighted by Crippen LogP contribution is -2.49. The van der Waals surface area contributed by atoms with Gasteiger partial charge in [-0.1, -0.05) is 12.1 Å². The molecule has 1 aromatic carbocycles. The zero-order valence-electron chi connectivity index (χ0n) is 10.5. The maximum Gasteiger partial charge on any atom is 0.248 e. The molecule has 0 saturated carbocycles. The Balaban J connectivity index is 2.03. The van der Waals surface area contributed by atoms with Crippen LogP contribution in [0.2, 0.25) is 0 Å². The predicted molar refractivity (Wildman–Crippen MR) is 68.9 cm³/mol. The Morgan fingerprint density at radius 2 is 1.94 bits per heavy atom. The van der Waals surface area contributed by atoms with Crippen LogP contribution in [-0.4, -0.2) is 55.8 Å². The highest BCUT2D eigenvalue weighted by molar-refractivity contribution is 5.77. The molecule has 0 radical (unpaired) electrons. The fourth-order valence-corrected chi connectivity index (χ4v) is 2.19. The SMILES string of the molecule is COc1ccccc1N1CCN(C(=O)CO)CC1. The standard InChI is InChI=1S/C13H18N2O3/c1-18-12-5-3-2-4-11(12)14-6-8-15(9-7-14)13(17)10-16/h2-5,16H,6-10H2,1H3. The molecule has 0 bridgehead atoms. The van der Waals surface area contributed by atoms with Gasteiger partial charge < -0.3 is 19.6 Å². The molecule has 1 aliphatic rings. The van der Waals surface area contributed by atoms with E-state index >= 15 is 0 Å². The van der Waals surface area contributed by atoms with Crippen molar-refractivity contribution in [3.8, 4) is 5.75 Å². The number of aliphatic hydroxyl groups is 1. The summed E-state index contributed by atoms with van der Waals surface area (Å²) in [4.78, 5) is 15.2. The number of carbonyl (C=O) groups excluding carboxylic acids is 1. The Bertz CT molecular complexity index is 414. The summed E-state index contributed by atoms with van der Waals surface area (Å²) in [5, 5.41) is 8.83. The van der Waals surface area contributed by atoms with Gasteiger partial charge in [0.1, 0.15) is 12.4 Å². The molecule has 0 unspecified atom stereocenters. The Hall–Kier alpha value is -1.75. The molecule has 5 heteroatoms. The van der Waals surface area contributed by atoms with E-state index in [4.69, 9.17) is 9.84 Å². The molecule has 0 atom stereocenters. The van der Waals surface area contributed by atoms with Gasteiger partial charge in [0.15, 0.2) is 0 Å². The molecule has 1 amide bonds. The van der Waals surface area contributed by atoms with Crippen LogP contribution in [-0.2, 0) is 4.79 Å². The smallest absolute Gasteiger partial charge is 0.248 e. The van der Waals surface area contributed by atoms with Gasteiger partial charge in [0.25, 0.3) is 0 Å². The number of hydrogen-bond donors (Lipinski definition) is 1. The number of anilines is 1. The summed E-state index contributed by atoms with van der Waals surface area (Å²) in [5.74, 6) is 0.647. The van der Waals surface area contributed by atoms with E-state index in [9.17, 15) is 4.79 Å². The number of para-hydroxylation sites is 2. The number of nitrogens with zero attached hydrogens (tertiary/aromatic N) is 2. The van der Waals surface area contributed by atoms with Gasteiger partial charge in [0, 0.05) is 26.2 Å². The molecule has 2 rings (SSSR count). The van der Waals surface area contributed by atoms with E-state index in [1.54, 1.807) is 12.0 Å². The van der Waals surface area contributed by atoms with E-state index < -0.39 is 6.61 Å². The second-order valence-corrected chi connectivity index (χ2v) is 4.20. The van der Waals surface area contributed by atoms with Crippen LogP contribution in [0.1, 0.15) is 0 Å². The van der Waals surface area contributed by atoms with Crippen molar-refractivity contribution < 1.29 is 14.6 Å². The lowest BCUT2D eigenvalue weighted by atomic mass is 10.2. The maximum absolute atomic E-state index is 11.4. The van der Waals surface area contributed by atoms with E-state index in [1.165, 1.54) is 0 Å². The fourth-order valence-electron chi connectivity index (χ4n) is 2.19. The normalized spacial score (nSPS) is 15.7. The molecule has 1 heterocycles. The number of benzene rings is 1. The third-order valence-electron chi connectivity index (χ3n) is 3.19. The summed E-state index contributed by atoms with van der Waals surface area (Å²) < 4.78 is 5.33. The first kappa shape index (κ1) is 12.7. The average Bonchev–Trinajstić information content (AvgIpc) is 2.46. The average molecular weight is 250 g/mol. The molecule has 0 aliphatic carbocycles. The zero-order valence-corrected chi connectivity index (χ0v) is 10.5. The van der Waals surface area contributed by atoms with Crippen LogP contribution in [0.25, 0.3) is 0 Å². The van der Waals surface area contributed by atoms with Crippen molar-refractivity contribution in [2.45, 2.75) is 0 Å². The summed E-state index contributed by atoms with van der Waals surface area (Å²) in [6.45, 7) is 2.38. The number of hydrogen-bond acceptors (Lipinski definition) is 4. The van der Waals surface area contributed by atoms with Gasteiger partial charge in [-0.15, -0.1) is 0 Å². The monoisotopic (exact) mass is 250 g/mol. The van der Waals surface area contributed by atoms with Crippen molar-refractivity contribution in [2.75, 3.05) is 44.8 Å². The molecule has 5 nitrogen and oxygen atoms in total. The number of piperazine rings is 1. The van der Waals surface area contributed by atoms with Crippen LogP contribution in [0, 0.1) is 0 Å². The van der Waals surface area contributed by atoms with Crippen LogP contribution in [0.3, 0.4) is 0 Å². The molecular weight excluding hydrogens is 232 g/mol. The summed E-state index contributed by atoms with van der Waals surface area (Å²) >= 11 is 0. The van der Waals surface area contributed by atoms with Crippen LogP contribution in [0.4, 0.5) is 5.69 Å². The van der Waals surface area contributed by atoms with Crippen molar-refractivity contribution in [1.82, 2.24) is 4.90 Å². The van der Waals surface area contributed by atoms with E-state index in [-0.39, 0.29) is 5.91 Å². The first-order chi connectivity index (χ1) is 8.76. The molecule has 1 fully saturated rings. The summed E-state index contributed by atoms with van der Waals surface area (Å²) in [6.07, 6.45) is 0. The molecule has 1 aliphatic heterocycles. The van der Waals surface area contributed by atoms with Crippen molar-refractivity contribution in [1.29, 1.82) is 0 Å².